The van der Waals surface area contributed by atoms with E-state index in [1.165, 1.54) is 95.6 Å². The second-order valence-corrected chi connectivity index (χ2v) is 7.37. The monoisotopic (exact) mass is 270 g/mol. The molecule has 0 unspecified atom stereocenters. The summed E-state index contributed by atoms with van der Waals surface area (Å²) in [7, 11) is 0. The van der Waals surface area contributed by atoms with Crippen molar-refractivity contribution in [3.63, 3.8) is 0 Å². The molecule has 1 heteroatoms. The maximum Gasteiger partial charge on any atom is 0.00470 e. The van der Waals surface area contributed by atoms with Crippen LogP contribution in [0.15, 0.2) is 0 Å². The number of thioether (sulfide) groups is 1. The molecule has 1 aliphatic carbocycles. The van der Waals surface area contributed by atoms with Gasteiger partial charge in [0.15, 0.2) is 0 Å². The molecule has 1 saturated carbocycles. The van der Waals surface area contributed by atoms with Gasteiger partial charge in [0, 0.05) is 5.25 Å². The van der Waals surface area contributed by atoms with Crippen LogP contribution in [-0.2, 0) is 0 Å². The summed E-state index contributed by atoms with van der Waals surface area (Å²) in [5.41, 5.74) is 0. The Labute approximate surface area is 120 Å². The van der Waals surface area contributed by atoms with Crippen molar-refractivity contribution < 1.29 is 0 Å². The molecular weight excluding hydrogens is 236 g/mol. The molecule has 0 aromatic heterocycles. The lowest BCUT2D eigenvalue weighted by Crippen LogP contribution is -2.08. The van der Waals surface area contributed by atoms with Gasteiger partial charge in [-0.15, -0.1) is 0 Å². The molecule has 0 amide bonds. The van der Waals surface area contributed by atoms with Gasteiger partial charge in [0.2, 0.25) is 0 Å². The predicted octanol–water partition coefficient (Wildman–Crippen LogP) is 6.58. The molecule has 1 fully saturated rings. The summed E-state index contributed by atoms with van der Waals surface area (Å²) < 4.78 is 0. The second-order valence-electron chi connectivity index (χ2n) is 5.96. The van der Waals surface area contributed by atoms with E-state index in [-0.39, 0.29) is 0 Å². The summed E-state index contributed by atoms with van der Waals surface area (Å²) in [6.45, 7) is 2.30. The van der Waals surface area contributed by atoms with E-state index in [0.717, 1.165) is 5.25 Å². The van der Waals surface area contributed by atoms with Crippen molar-refractivity contribution in [2.75, 3.05) is 5.75 Å². The SMILES string of the molecule is CCCCCCCCCCCSC1CCCCC1. The summed E-state index contributed by atoms with van der Waals surface area (Å²) in [5, 5.41) is 1.02. The van der Waals surface area contributed by atoms with Gasteiger partial charge in [-0.1, -0.05) is 77.6 Å². The number of unbranched alkanes of at least 4 members (excludes halogenated alkanes) is 8. The normalized spacial score (nSPS) is 17.2. The zero-order valence-electron chi connectivity index (χ0n) is 12.6. The van der Waals surface area contributed by atoms with Crippen molar-refractivity contribution in [3.8, 4) is 0 Å². The van der Waals surface area contributed by atoms with Crippen LogP contribution in [0.25, 0.3) is 0 Å². The van der Waals surface area contributed by atoms with E-state index in [0.29, 0.717) is 0 Å². The maximum atomic E-state index is 2.30. The molecular formula is C17H34S. The Balaban J connectivity index is 1.73. The molecule has 0 bridgehead atoms. The number of hydrogen-bond acceptors (Lipinski definition) is 1. The Morgan fingerprint density at radius 3 is 1.89 bits per heavy atom. The number of hydrogen-bond donors (Lipinski definition) is 0. The van der Waals surface area contributed by atoms with Gasteiger partial charge in [-0.25, -0.2) is 0 Å². The third kappa shape index (κ3) is 9.30. The summed E-state index contributed by atoms with van der Waals surface area (Å²) in [6.07, 6.45) is 20.6. The fourth-order valence-corrected chi connectivity index (χ4v) is 4.27. The molecule has 1 aliphatic rings. The highest BCUT2D eigenvalue weighted by atomic mass is 32.2. The Morgan fingerprint density at radius 1 is 0.722 bits per heavy atom. The van der Waals surface area contributed by atoms with Gasteiger partial charge in [0.1, 0.15) is 0 Å². The predicted molar refractivity (Wildman–Crippen MR) is 86.6 cm³/mol. The lowest BCUT2D eigenvalue weighted by atomic mass is 10.0. The molecule has 0 nitrogen and oxygen atoms in total. The third-order valence-corrected chi connectivity index (χ3v) is 5.62. The first kappa shape index (κ1) is 16.4. The topological polar surface area (TPSA) is 0 Å². The molecule has 108 valence electrons. The van der Waals surface area contributed by atoms with E-state index >= 15 is 0 Å². The smallest absolute Gasteiger partial charge is 0.00470 e. The molecule has 0 aromatic carbocycles. The molecule has 0 aromatic rings. The van der Waals surface area contributed by atoms with Crippen LogP contribution in [0.3, 0.4) is 0 Å². The van der Waals surface area contributed by atoms with Crippen LogP contribution in [0, 0.1) is 0 Å². The fourth-order valence-electron chi connectivity index (χ4n) is 2.89. The molecule has 0 radical (unpaired) electrons. The van der Waals surface area contributed by atoms with Crippen LogP contribution in [-0.4, -0.2) is 11.0 Å². The van der Waals surface area contributed by atoms with Gasteiger partial charge in [0.05, 0.1) is 0 Å². The molecule has 0 spiro atoms. The van der Waals surface area contributed by atoms with Crippen molar-refractivity contribution in [1.29, 1.82) is 0 Å². The highest BCUT2D eigenvalue weighted by Gasteiger charge is 2.12. The van der Waals surface area contributed by atoms with Crippen LogP contribution >= 0.6 is 11.8 Å². The van der Waals surface area contributed by atoms with Crippen molar-refractivity contribution in [2.24, 2.45) is 0 Å². The van der Waals surface area contributed by atoms with E-state index in [9.17, 15) is 0 Å². The second kappa shape index (κ2) is 12.4. The largest absolute Gasteiger partial charge is 0.159 e. The minimum absolute atomic E-state index is 1.02. The van der Waals surface area contributed by atoms with Crippen LogP contribution in [0.4, 0.5) is 0 Å². The van der Waals surface area contributed by atoms with Crippen LogP contribution in [0.1, 0.15) is 96.8 Å². The third-order valence-electron chi connectivity index (χ3n) is 4.15. The highest BCUT2D eigenvalue weighted by molar-refractivity contribution is 7.99. The minimum Gasteiger partial charge on any atom is -0.159 e. The van der Waals surface area contributed by atoms with Gasteiger partial charge in [0.25, 0.3) is 0 Å². The van der Waals surface area contributed by atoms with Crippen LogP contribution in [0.5, 0.6) is 0 Å². The van der Waals surface area contributed by atoms with E-state index in [2.05, 4.69) is 18.7 Å². The van der Waals surface area contributed by atoms with Crippen molar-refractivity contribution in [3.05, 3.63) is 0 Å². The average molecular weight is 271 g/mol. The highest BCUT2D eigenvalue weighted by Crippen LogP contribution is 2.28. The van der Waals surface area contributed by atoms with E-state index in [1.807, 2.05) is 0 Å². The zero-order valence-corrected chi connectivity index (χ0v) is 13.4. The molecule has 0 saturated heterocycles. The maximum absolute atomic E-state index is 2.30. The van der Waals surface area contributed by atoms with E-state index in [4.69, 9.17) is 0 Å². The Hall–Kier alpha value is 0.350. The Morgan fingerprint density at radius 2 is 1.28 bits per heavy atom. The molecule has 0 N–H and O–H groups in total. The average Bonchev–Trinajstić information content (AvgIpc) is 2.42. The summed E-state index contributed by atoms with van der Waals surface area (Å²) in [4.78, 5) is 0. The van der Waals surface area contributed by atoms with Gasteiger partial charge >= 0.3 is 0 Å². The van der Waals surface area contributed by atoms with Crippen LogP contribution < -0.4 is 0 Å². The van der Waals surface area contributed by atoms with Crippen molar-refractivity contribution >= 4 is 11.8 Å². The van der Waals surface area contributed by atoms with Crippen molar-refractivity contribution in [2.45, 2.75) is 102 Å². The van der Waals surface area contributed by atoms with Gasteiger partial charge < -0.3 is 0 Å². The van der Waals surface area contributed by atoms with E-state index < -0.39 is 0 Å². The molecule has 0 atom stereocenters. The Kier molecular flexibility index (Phi) is 11.3. The molecule has 18 heavy (non-hydrogen) atoms. The first-order valence-electron chi connectivity index (χ1n) is 8.55. The summed E-state index contributed by atoms with van der Waals surface area (Å²) >= 11 is 2.27. The summed E-state index contributed by atoms with van der Waals surface area (Å²) in [6, 6.07) is 0. The number of rotatable bonds is 11. The summed E-state index contributed by atoms with van der Waals surface area (Å²) in [5.74, 6) is 1.43. The molecule has 0 heterocycles. The lowest BCUT2D eigenvalue weighted by Gasteiger charge is -2.20. The fraction of sp³-hybridized carbons (Fsp3) is 1.00. The first-order valence-corrected chi connectivity index (χ1v) is 9.60. The zero-order chi connectivity index (χ0) is 12.9. The first-order chi connectivity index (χ1) is 8.93. The van der Waals surface area contributed by atoms with Gasteiger partial charge in [-0.3, -0.25) is 0 Å². The van der Waals surface area contributed by atoms with Gasteiger partial charge in [-0.2, -0.15) is 11.8 Å². The van der Waals surface area contributed by atoms with Crippen molar-refractivity contribution in [1.82, 2.24) is 0 Å². The van der Waals surface area contributed by atoms with Crippen LogP contribution in [0.2, 0.25) is 0 Å². The minimum atomic E-state index is 1.02. The molecule has 0 aliphatic heterocycles. The quantitative estimate of drug-likeness (QED) is 0.382. The van der Waals surface area contributed by atoms with E-state index in [1.54, 1.807) is 0 Å². The van der Waals surface area contributed by atoms with Gasteiger partial charge in [-0.05, 0) is 25.0 Å². The standard InChI is InChI=1S/C17H34S/c1-2-3-4-5-6-7-8-9-13-16-18-17-14-11-10-12-15-17/h17H,2-16H2,1H3. The molecule has 1 rings (SSSR count). The Bertz CT molecular complexity index is 161. The lowest BCUT2D eigenvalue weighted by molar-refractivity contribution is 0.515.